The summed E-state index contributed by atoms with van der Waals surface area (Å²) in [6, 6.07) is 10.1. The van der Waals surface area contributed by atoms with Gasteiger partial charge in [0.2, 0.25) is 0 Å². The van der Waals surface area contributed by atoms with E-state index in [1.165, 1.54) is 50.6 Å². The number of rotatable bonds is 5. The smallest absolute Gasteiger partial charge is 0.337 e. The van der Waals surface area contributed by atoms with Crippen LogP contribution < -0.4 is 4.80 Å². The van der Waals surface area contributed by atoms with Crippen LogP contribution in [0.2, 0.25) is 0 Å². The van der Waals surface area contributed by atoms with E-state index in [4.69, 9.17) is 0 Å². The number of aryl methyl sites for hydroxylation is 1. The molecule has 0 bridgehead atoms. The van der Waals surface area contributed by atoms with Gasteiger partial charge in [-0.15, -0.1) is 0 Å². The Morgan fingerprint density at radius 1 is 1.03 bits per heavy atom. The summed E-state index contributed by atoms with van der Waals surface area (Å²) in [5.74, 6) is -1.85. The fourth-order valence-electron chi connectivity index (χ4n) is 2.67. The summed E-state index contributed by atoms with van der Waals surface area (Å²) in [5.41, 5.74) is 1.25. The minimum Gasteiger partial charge on any atom is -0.469 e. The highest BCUT2D eigenvalue weighted by molar-refractivity contribution is 7.16. The minimum absolute atomic E-state index is 0.0783. The van der Waals surface area contributed by atoms with Crippen LogP contribution in [0.15, 0.2) is 47.5 Å². The fourth-order valence-corrected chi connectivity index (χ4v) is 3.75. The van der Waals surface area contributed by atoms with Gasteiger partial charge in [-0.2, -0.15) is 4.99 Å². The molecule has 1 aromatic heterocycles. The molecule has 0 aliphatic heterocycles. The molecule has 2 aromatic carbocycles. The number of halogens is 1. The Hall–Kier alpha value is -3.33. The van der Waals surface area contributed by atoms with Crippen LogP contribution in [0.25, 0.3) is 10.2 Å². The molecule has 1 heterocycles. The first-order chi connectivity index (χ1) is 13.9. The van der Waals surface area contributed by atoms with Gasteiger partial charge in [-0.25, -0.2) is 9.18 Å². The lowest BCUT2D eigenvalue weighted by Crippen LogP contribution is -2.19. The largest absolute Gasteiger partial charge is 0.469 e. The number of aromatic nitrogens is 1. The molecule has 0 aliphatic rings. The molecule has 0 fully saturated rings. The van der Waals surface area contributed by atoms with E-state index in [1.54, 1.807) is 10.6 Å². The third kappa shape index (κ3) is 4.57. The molecule has 0 unspecified atom stereocenters. The van der Waals surface area contributed by atoms with Crippen molar-refractivity contribution in [3.63, 3.8) is 0 Å². The number of amides is 1. The number of carbonyl (C=O) groups excluding carboxylic acids is 3. The number of nitrogens with zero attached hydrogens (tertiary/aromatic N) is 2. The molecule has 3 rings (SSSR count). The lowest BCUT2D eigenvalue weighted by molar-refractivity contribution is -0.140. The molecular formula is C20H17FN2O5S. The third-order valence-electron chi connectivity index (χ3n) is 4.16. The number of hydrogen-bond acceptors (Lipinski definition) is 6. The number of esters is 2. The van der Waals surface area contributed by atoms with E-state index in [-0.39, 0.29) is 18.5 Å². The standard InChI is InChI=1S/C20H17FN2O5S/c1-27-17(24)9-10-23-15-8-7-14(21)11-16(15)29-20(23)22-18(25)12-3-5-13(6-4-12)19(26)28-2/h3-8,11H,9-10H2,1-2H3. The Morgan fingerprint density at radius 3 is 2.38 bits per heavy atom. The van der Waals surface area contributed by atoms with Crippen LogP contribution in [0.5, 0.6) is 0 Å². The molecule has 0 spiro atoms. The molecule has 0 atom stereocenters. The fraction of sp³-hybridized carbons (Fsp3) is 0.200. The first-order valence-corrected chi connectivity index (χ1v) is 9.37. The van der Waals surface area contributed by atoms with Crippen LogP contribution in [0.4, 0.5) is 4.39 Å². The first-order valence-electron chi connectivity index (χ1n) is 8.56. The summed E-state index contributed by atoms with van der Waals surface area (Å²) in [4.78, 5) is 40.1. The quantitative estimate of drug-likeness (QED) is 0.597. The van der Waals surface area contributed by atoms with E-state index in [1.807, 2.05) is 0 Å². The molecule has 0 N–H and O–H groups in total. The molecule has 3 aromatic rings. The molecule has 29 heavy (non-hydrogen) atoms. The zero-order valence-electron chi connectivity index (χ0n) is 15.7. The van der Waals surface area contributed by atoms with Gasteiger partial charge in [0.05, 0.1) is 36.4 Å². The van der Waals surface area contributed by atoms with E-state index < -0.39 is 23.7 Å². The number of fused-ring (bicyclic) bond motifs is 1. The van der Waals surface area contributed by atoms with Gasteiger partial charge in [-0.05, 0) is 42.5 Å². The number of hydrogen-bond donors (Lipinski definition) is 0. The van der Waals surface area contributed by atoms with Gasteiger partial charge in [0.15, 0.2) is 4.80 Å². The number of thiazole rings is 1. The van der Waals surface area contributed by atoms with Crippen LogP contribution in [0.3, 0.4) is 0 Å². The van der Waals surface area contributed by atoms with Gasteiger partial charge >= 0.3 is 11.9 Å². The molecule has 0 aliphatic carbocycles. The number of methoxy groups -OCH3 is 2. The average Bonchev–Trinajstić information content (AvgIpc) is 3.07. The lowest BCUT2D eigenvalue weighted by atomic mass is 10.1. The molecule has 1 amide bonds. The highest BCUT2D eigenvalue weighted by Crippen LogP contribution is 2.19. The highest BCUT2D eigenvalue weighted by Gasteiger charge is 2.13. The Kier molecular flexibility index (Phi) is 6.18. The Labute approximate surface area is 169 Å². The second kappa shape index (κ2) is 8.78. The van der Waals surface area contributed by atoms with E-state index in [9.17, 15) is 18.8 Å². The van der Waals surface area contributed by atoms with Crippen molar-refractivity contribution in [1.82, 2.24) is 4.57 Å². The molecule has 9 heteroatoms. The van der Waals surface area contributed by atoms with Gasteiger partial charge in [0.1, 0.15) is 5.82 Å². The van der Waals surface area contributed by atoms with Crippen LogP contribution in [0, 0.1) is 5.82 Å². The van der Waals surface area contributed by atoms with Crippen LogP contribution >= 0.6 is 11.3 Å². The Balaban J connectivity index is 2.00. The Morgan fingerprint density at radius 2 is 1.72 bits per heavy atom. The SMILES string of the molecule is COC(=O)CCn1c(=NC(=O)c2ccc(C(=O)OC)cc2)sc2cc(F)ccc21. The zero-order chi connectivity index (χ0) is 21.0. The van der Waals surface area contributed by atoms with E-state index in [0.29, 0.717) is 20.6 Å². The predicted octanol–water partition coefficient (Wildman–Crippen LogP) is 2.93. The van der Waals surface area contributed by atoms with Crippen molar-refractivity contribution in [2.75, 3.05) is 14.2 Å². The summed E-state index contributed by atoms with van der Waals surface area (Å²) in [5, 5.41) is 0. The van der Waals surface area contributed by atoms with Gasteiger partial charge in [0.25, 0.3) is 5.91 Å². The van der Waals surface area contributed by atoms with Crippen LogP contribution in [-0.2, 0) is 20.8 Å². The summed E-state index contributed by atoms with van der Waals surface area (Å²) in [6.45, 7) is 0.228. The predicted molar refractivity (Wildman–Crippen MR) is 104 cm³/mol. The van der Waals surface area contributed by atoms with Gasteiger partial charge in [0, 0.05) is 12.1 Å². The van der Waals surface area contributed by atoms with Crippen molar-refractivity contribution in [2.45, 2.75) is 13.0 Å². The second-order valence-electron chi connectivity index (χ2n) is 5.96. The highest BCUT2D eigenvalue weighted by atomic mass is 32.1. The summed E-state index contributed by atoms with van der Waals surface area (Å²) < 4.78 is 25.2. The second-order valence-corrected chi connectivity index (χ2v) is 6.97. The van der Waals surface area contributed by atoms with Crippen molar-refractivity contribution in [2.24, 2.45) is 4.99 Å². The summed E-state index contributed by atoms with van der Waals surface area (Å²) >= 11 is 1.14. The molecule has 7 nitrogen and oxygen atoms in total. The Bertz CT molecular complexity index is 1150. The first kappa shape index (κ1) is 20.4. The minimum atomic E-state index is -0.528. The number of ether oxygens (including phenoxy) is 2. The maximum atomic E-state index is 13.6. The molecule has 0 saturated heterocycles. The zero-order valence-corrected chi connectivity index (χ0v) is 16.5. The number of benzene rings is 2. The summed E-state index contributed by atoms with van der Waals surface area (Å²) in [7, 11) is 2.56. The van der Waals surface area contributed by atoms with Crippen molar-refractivity contribution in [3.05, 3.63) is 64.2 Å². The lowest BCUT2D eigenvalue weighted by Gasteiger charge is -2.04. The van der Waals surface area contributed by atoms with Crippen LogP contribution in [0.1, 0.15) is 27.1 Å². The topological polar surface area (TPSA) is 87.0 Å². The van der Waals surface area contributed by atoms with Crippen molar-refractivity contribution in [1.29, 1.82) is 0 Å². The molecular weight excluding hydrogens is 399 g/mol. The molecule has 0 saturated carbocycles. The third-order valence-corrected chi connectivity index (χ3v) is 5.20. The van der Waals surface area contributed by atoms with E-state index >= 15 is 0 Å². The van der Waals surface area contributed by atoms with Crippen LogP contribution in [-0.4, -0.2) is 36.6 Å². The van der Waals surface area contributed by atoms with Crippen molar-refractivity contribution >= 4 is 39.4 Å². The summed E-state index contributed by atoms with van der Waals surface area (Å²) in [6.07, 6.45) is 0.0783. The maximum absolute atomic E-state index is 13.6. The van der Waals surface area contributed by atoms with Crippen molar-refractivity contribution in [3.8, 4) is 0 Å². The molecule has 0 radical (unpaired) electrons. The monoisotopic (exact) mass is 416 g/mol. The normalized spacial score (nSPS) is 11.5. The van der Waals surface area contributed by atoms with Crippen molar-refractivity contribution < 1.29 is 28.2 Å². The van der Waals surface area contributed by atoms with Gasteiger partial charge in [-0.1, -0.05) is 11.3 Å². The van der Waals surface area contributed by atoms with Gasteiger partial charge in [-0.3, -0.25) is 9.59 Å². The number of carbonyl (C=O) groups is 3. The van der Waals surface area contributed by atoms with E-state index in [0.717, 1.165) is 11.3 Å². The maximum Gasteiger partial charge on any atom is 0.337 e. The molecule has 150 valence electrons. The average molecular weight is 416 g/mol. The van der Waals surface area contributed by atoms with E-state index in [2.05, 4.69) is 14.5 Å². The van der Waals surface area contributed by atoms with Gasteiger partial charge < -0.3 is 14.0 Å².